The molecule has 0 radical (unpaired) electrons. The van der Waals surface area contributed by atoms with Crippen molar-refractivity contribution in [3.8, 4) is 22.6 Å². The molecule has 0 aliphatic carbocycles. The first-order valence-corrected chi connectivity index (χ1v) is 12.6. The van der Waals surface area contributed by atoms with Gasteiger partial charge in [-0.25, -0.2) is 14.4 Å². The molecule has 0 bridgehead atoms. The van der Waals surface area contributed by atoms with Crippen molar-refractivity contribution in [1.82, 2.24) is 9.97 Å². The van der Waals surface area contributed by atoms with Crippen LogP contribution in [0.4, 0.5) is 10.3 Å². The summed E-state index contributed by atoms with van der Waals surface area (Å²) in [5, 5.41) is 0. The highest BCUT2D eigenvalue weighted by atomic mass is 32.2. The summed E-state index contributed by atoms with van der Waals surface area (Å²) in [5.41, 5.74) is 2.59. The van der Waals surface area contributed by atoms with Crippen molar-refractivity contribution in [2.24, 2.45) is 5.92 Å². The SMILES string of the molecule is CCc1ccnc(N2CC[C@H](CCOc3ccc(-c4ccc5c(c4)OC[S@@]5=O)cc3F)C2)n1. The van der Waals surface area contributed by atoms with E-state index >= 15 is 0 Å². The van der Waals surface area contributed by atoms with Crippen molar-refractivity contribution in [3.63, 3.8) is 0 Å². The minimum atomic E-state index is -1.12. The number of fused-ring (bicyclic) bond motifs is 1. The molecular weight excluding hydrogens is 441 g/mol. The Kier molecular flexibility index (Phi) is 6.26. The molecule has 0 amide bonds. The van der Waals surface area contributed by atoms with Gasteiger partial charge < -0.3 is 14.4 Å². The highest BCUT2D eigenvalue weighted by molar-refractivity contribution is 7.85. The molecule has 1 saturated heterocycles. The third-order valence-corrected chi connectivity index (χ3v) is 7.35. The highest BCUT2D eigenvalue weighted by Crippen LogP contribution is 2.34. The minimum absolute atomic E-state index is 0.177. The highest BCUT2D eigenvalue weighted by Gasteiger charge is 2.25. The lowest BCUT2D eigenvalue weighted by atomic mass is 10.0. The molecule has 0 N–H and O–H groups in total. The van der Waals surface area contributed by atoms with Gasteiger partial charge in [0.1, 0.15) is 5.75 Å². The molecule has 2 aliphatic rings. The largest absolute Gasteiger partial charge is 0.491 e. The van der Waals surface area contributed by atoms with Gasteiger partial charge >= 0.3 is 0 Å². The van der Waals surface area contributed by atoms with Crippen LogP contribution < -0.4 is 14.4 Å². The zero-order chi connectivity index (χ0) is 22.8. The van der Waals surface area contributed by atoms with E-state index < -0.39 is 16.6 Å². The molecule has 0 saturated carbocycles. The first-order chi connectivity index (χ1) is 16.1. The van der Waals surface area contributed by atoms with Crippen LogP contribution in [0, 0.1) is 11.7 Å². The molecular formula is C25H26FN3O3S. The Morgan fingerprint density at radius 1 is 1.21 bits per heavy atom. The van der Waals surface area contributed by atoms with Crippen molar-refractivity contribution in [3.05, 3.63) is 60.2 Å². The summed E-state index contributed by atoms with van der Waals surface area (Å²) in [5.74, 6) is 1.91. The number of benzene rings is 2. The Hall–Kier alpha value is -3.00. The quantitative estimate of drug-likeness (QED) is 0.506. The number of aryl methyl sites for hydroxylation is 1. The summed E-state index contributed by atoms with van der Waals surface area (Å²) in [6.45, 7) is 4.37. The molecule has 172 valence electrons. The van der Waals surface area contributed by atoms with Gasteiger partial charge in [-0.1, -0.05) is 19.1 Å². The zero-order valence-electron chi connectivity index (χ0n) is 18.5. The summed E-state index contributed by atoms with van der Waals surface area (Å²) in [6, 6.07) is 12.4. The van der Waals surface area contributed by atoms with Crippen LogP contribution >= 0.6 is 0 Å². The summed E-state index contributed by atoms with van der Waals surface area (Å²) in [6.07, 6.45) is 4.62. The van der Waals surface area contributed by atoms with Gasteiger partial charge in [0.05, 0.1) is 22.3 Å². The molecule has 2 aromatic carbocycles. The second-order valence-electron chi connectivity index (χ2n) is 8.35. The van der Waals surface area contributed by atoms with Crippen LogP contribution in [0.15, 0.2) is 53.6 Å². The fraction of sp³-hybridized carbons (Fsp3) is 0.360. The maximum absolute atomic E-state index is 14.7. The van der Waals surface area contributed by atoms with Crippen LogP contribution in [-0.4, -0.2) is 39.8 Å². The third kappa shape index (κ3) is 4.71. The molecule has 1 fully saturated rings. The number of anilines is 1. The van der Waals surface area contributed by atoms with Crippen molar-refractivity contribution in [1.29, 1.82) is 0 Å². The average Bonchev–Trinajstić information content (AvgIpc) is 3.47. The van der Waals surface area contributed by atoms with Gasteiger partial charge in [-0.3, -0.25) is 4.21 Å². The number of aromatic nitrogens is 2. The monoisotopic (exact) mass is 467 g/mol. The number of hydrogen-bond donors (Lipinski definition) is 0. The van der Waals surface area contributed by atoms with E-state index in [1.807, 2.05) is 24.4 Å². The normalized spacial score (nSPS) is 19.4. The van der Waals surface area contributed by atoms with Crippen LogP contribution in [0.25, 0.3) is 11.1 Å². The number of hydrogen-bond acceptors (Lipinski definition) is 6. The van der Waals surface area contributed by atoms with E-state index in [1.54, 1.807) is 18.2 Å². The van der Waals surface area contributed by atoms with Crippen LogP contribution in [0.3, 0.4) is 0 Å². The average molecular weight is 468 g/mol. The van der Waals surface area contributed by atoms with E-state index in [1.165, 1.54) is 6.07 Å². The number of ether oxygens (including phenoxy) is 2. The zero-order valence-corrected chi connectivity index (χ0v) is 19.3. The van der Waals surface area contributed by atoms with Gasteiger partial charge in [-0.15, -0.1) is 0 Å². The van der Waals surface area contributed by atoms with Gasteiger partial charge in [-0.2, -0.15) is 0 Å². The Morgan fingerprint density at radius 2 is 2.06 bits per heavy atom. The van der Waals surface area contributed by atoms with Gasteiger partial charge in [0, 0.05) is 25.0 Å². The Morgan fingerprint density at radius 3 is 2.91 bits per heavy atom. The molecule has 2 aliphatic heterocycles. The topological polar surface area (TPSA) is 64.6 Å². The predicted octanol–water partition coefficient (Wildman–Crippen LogP) is 4.60. The van der Waals surface area contributed by atoms with E-state index in [-0.39, 0.29) is 11.7 Å². The van der Waals surface area contributed by atoms with Crippen LogP contribution in [-0.2, 0) is 17.2 Å². The molecule has 8 heteroatoms. The summed E-state index contributed by atoms with van der Waals surface area (Å²) in [7, 11) is -1.12. The fourth-order valence-electron chi connectivity index (χ4n) is 4.29. The van der Waals surface area contributed by atoms with Gasteiger partial charge in [-0.05, 0) is 66.6 Å². The lowest BCUT2D eigenvalue weighted by Gasteiger charge is -2.17. The smallest absolute Gasteiger partial charge is 0.225 e. The second-order valence-corrected chi connectivity index (χ2v) is 9.72. The summed E-state index contributed by atoms with van der Waals surface area (Å²) < 4.78 is 37.7. The van der Waals surface area contributed by atoms with Gasteiger partial charge in [0.2, 0.25) is 5.95 Å². The second kappa shape index (κ2) is 9.47. The first-order valence-electron chi connectivity index (χ1n) is 11.3. The van der Waals surface area contributed by atoms with Crippen molar-refractivity contribution in [2.75, 3.05) is 30.5 Å². The first kappa shape index (κ1) is 21.8. The van der Waals surface area contributed by atoms with E-state index in [0.29, 0.717) is 23.2 Å². The van der Waals surface area contributed by atoms with Gasteiger partial charge in [0.25, 0.3) is 0 Å². The lowest BCUT2D eigenvalue weighted by Crippen LogP contribution is -2.22. The Balaban J connectivity index is 1.16. The molecule has 0 unspecified atom stereocenters. The van der Waals surface area contributed by atoms with Crippen LogP contribution in [0.5, 0.6) is 11.5 Å². The molecule has 3 aromatic rings. The Bertz CT molecular complexity index is 1190. The molecule has 33 heavy (non-hydrogen) atoms. The lowest BCUT2D eigenvalue weighted by molar-refractivity contribution is 0.272. The number of rotatable bonds is 7. The molecule has 5 rings (SSSR count). The van der Waals surface area contributed by atoms with E-state index in [4.69, 9.17) is 9.47 Å². The van der Waals surface area contributed by atoms with Crippen LogP contribution in [0.2, 0.25) is 0 Å². The van der Waals surface area contributed by atoms with Crippen molar-refractivity contribution < 1.29 is 18.1 Å². The summed E-state index contributed by atoms with van der Waals surface area (Å²) in [4.78, 5) is 11.9. The maximum atomic E-state index is 14.7. The Labute approximate surface area is 195 Å². The summed E-state index contributed by atoms with van der Waals surface area (Å²) >= 11 is 0. The van der Waals surface area contributed by atoms with E-state index in [9.17, 15) is 8.60 Å². The van der Waals surface area contributed by atoms with E-state index in [0.717, 1.165) is 55.1 Å². The number of halogens is 1. The van der Waals surface area contributed by atoms with Crippen molar-refractivity contribution >= 4 is 16.7 Å². The number of nitrogens with zero attached hydrogens (tertiary/aromatic N) is 3. The van der Waals surface area contributed by atoms with Gasteiger partial charge in [0.15, 0.2) is 17.5 Å². The molecule has 2 atom stereocenters. The predicted molar refractivity (Wildman–Crippen MR) is 126 cm³/mol. The third-order valence-electron chi connectivity index (χ3n) is 6.19. The molecule has 1 aromatic heterocycles. The van der Waals surface area contributed by atoms with Crippen LogP contribution in [0.1, 0.15) is 25.5 Å². The maximum Gasteiger partial charge on any atom is 0.225 e. The fourth-order valence-corrected chi connectivity index (χ4v) is 5.21. The van der Waals surface area contributed by atoms with Crippen molar-refractivity contribution in [2.45, 2.75) is 31.1 Å². The molecule has 3 heterocycles. The molecule has 0 spiro atoms. The molecule has 6 nitrogen and oxygen atoms in total. The standard InChI is InChI=1S/C25H26FN3O3S/c1-2-20-7-10-27-25(28-20)29-11-8-17(15-29)9-12-31-22-5-3-18(13-21(22)26)19-4-6-24-23(14-19)32-16-33(24)30/h3-7,10,13-14,17H,2,8-9,11-12,15-16H2,1H3/t17-,33+/m1/s1. The minimum Gasteiger partial charge on any atom is -0.491 e. The van der Waals surface area contributed by atoms with E-state index in [2.05, 4.69) is 21.8 Å².